The van der Waals surface area contributed by atoms with Gasteiger partial charge in [0.2, 0.25) is 0 Å². The Morgan fingerprint density at radius 3 is 2.46 bits per heavy atom. The third-order valence-electron chi connectivity index (χ3n) is 6.09. The van der Waals surface area contributed by atoms with Crippen LogP contribution in [0.25, 0.3) is 44.6 Å². The molecule has 2 N–H and O–H groups in total. The zero-order chi connectivity index (χ0) is 23.9. The minimum absolute atomic E-state index is 0.165. The van der Waals surface area contributed by atoms with Crippen LogP contribution in [-0.4, -0.2) is 25.1 Å². The average Bonchev–Trinajstić information content (AvgIpc) is 3.35. The van der Waals surface area contributed by atoms with Crippen molar-refractivity contribution in [1.29, 1.82) is 0 Å². The number of halogens is 1. The molecule has 3 aromatic carbocycles. The van der Waals surface area contributed by atoms with Gasteiger partial charge in [-0.1, -0.05) is 71.8 Å². The van der Waals surface area contributed by atoms with Gasteiger partial charge in [0.05, 0.1) is 28.1 Å². The van der Waals surface area contributed by atoms with Crippen LogP contribution < -0.4 is 5.56 Å². The van der Waals surface area contributed by atoms with E-state index in [9.17, 15) is 4.79 Å². The fourth-order valence-electron chi connectivity index (χ4n) is 4.27. The van der Waals surface area contributed by atoms with Crippen LogP contribution in [0.4, 0.5) is 0 Å². The number of nitrogens with zero attached hydrogens (tertiary/aromatic N) is 3. The summed E-state index contributed by atoms with van der Waals surface area (Å²) >= 11 is 6.55. The van der Waals surface area contributed by atoms with Gasteiger partial charge in [-0.3, -0.25) is 9.89 Å². The van der Waals surface area contributed by atoms with E-state index in [0.717, 1.165) is 27.6 Å². The van der Waals surface area contributed by atoms with Gasteiger partial charge in [0.25, 0.3) is 5.56 Å². The summed E-state index contributed by atoms with van der Waals surface area (Å²) in [5, 5.41) is 8.47. The molecule has 0 radical (unpaired) electrons. The molecule has 0 saturated carbocycles. The van der Waals surface area contributed by atoms with Crippen LogP contribution in [-0.2, 0) is 6.42 Å². The molecule has 6 aromatic rings. The van der Waals surface area contributed by atoms with Crippen molar-refractivity contribution in [3.63, 3.8) is 0 Å². The number of aryl methyl sites for hydroxylation is 1. The van der Waals surface area contributed by atoms with Gasteiger partial charge in [0.1, 0.15) is 5.52 Å². The summed E-state index contributed by atoms with van der Waals surface area (Å²) in [5.74, 6) is 0. The van der Waals surface area contributed by atoms with E-state index in [1.54, 1.807) is 6.20 Å². The maximum atomic E-state index is 12.9. The topological polar surface area (TPSA) is 87.3 Å². The van der Waals surface area contributed by atoms with E-state index in [-0.39, 0.29) is 5.56 Å². The highest BCUT2D eigenvalue weighted by molar-refractivity contribution is 6.35. The van der Waals surface area contributed by atoms with E-state index in [2.05, 4.69) is 15.2 Å². The Morgan fingerprint density at radius 2 is 1.66 bits per heavy atom. The summed E-state index contributed by atoms with van der Waals surface area (Å²) in [6.07, 6.45) is 2.24. The molecule has 0 aliphatic rings. The predicted molar refractivity (Wildman–Crippen MR) is 140 cm³/mol. The molecule has 3 aromatic heterocycles. The smallest absolute Gasteiger partial charge is 0.253 e. The number of benzene rings is 3. The number of rotatable bonds is 4. The molecular weight excluding hydrogens is 458 g/mol. The molecule has 0 amide bonds. The summed E-state index contributed by atoms with van der Waals surface area (Å²) in [6.45, 7) is 2.04. The van der Waals surface area contributed by atoms with Gasteiger partial charge in [-0.2, -0.15) is 5.10 Å². The quantitative estimate of drug-likeness (QED) is 0.322. The van der Waals surface area contributed by atoms with Gasteiger partial charge in [-0.15, -0.1) is 0 Å². The van der Waals surface area contributed by atoms with Crippen molar-refractivity contribution in [2.75, 3.05) is 0 Å². The first kappa shape index (κ1) is 21.3. The maximum Gasteiger partial charge on any atom is 0.253 e. The lowest BCUT2D eigenvalue weighted by Gasteiger charge is -2.12. The van der Waals surface area contributed by atoms with Gasteiger partial charge >= 0.3 is 0 Å². The molecule has 0 bridgehead atoms. The number of hydrogen-bond donors (Lipinski definition) is 2. The second kappa shape index (κ2) is 8.49. The van der Waals surface area contributed by atoms with Gasteiger partial charge in [0.15, 0.2) is 5.65 Å². The van der Waals surface area contributed by atoms with Crippen molar-refractivity contribution in [1.82, 2.24) is 25.1 Å². The van der Waals surface area contributed by atoms with E-state index in [4.69, 9.17) is 21.6 Å². The van der Waals surface area contributed by atoms with Crippen molar-refractivity contribution in [2.24, 2.45) is 0 Å². The second-order valence-corrected chi connectivity index (χ2v) is 9.01. The molecule has 0 aliphatic carbocycles. The Bertz CT molecular complexity index is 1750. The van der Waals surface area contributed by atoms with Crippen LogP contribution in [0.5, 0.6) is 0 Å². The molecule has 3 heterocycles. The molecule has 0 saturated heterocycles. The predicted octanol–water partition coefficient (Wildman–Crippen LogP) is 6.08. The number of nitrogens with one attached hydrogen (secondary N) is 2. The molecule has 6 nitrogen and oxygen atoms in total. The van der Waals surface area contributed by atoms with Crippen molar-refractivity contribution < 1.29 is 0 Å². The standard InChI is InChI=1S/C28H20ClN5O/c1-16-7-9-17(10-8-16)11-20-14-23-27(33-28(20)35)32-25(18-5-3-2-4-6-18)26(31-23)19-12-21-15-30-34-24(21)22(29)13-19/h2-10,12-15H,11H2,1H3,(H,30,34)(H,32,33,35). The summed E-state index contributed by atoms with van der Waals surface area (Å²) in [5.41, 5.74) is 7.61. The SMILES string of the molecule is Cc1ccc(Cc2cc3nc(-c4cc(Cl)c5[nH]ncc5c4)c(-c4ccccc4)nc3[nH]c2=O)cc1. The van der Waals surface area contributed by atoms with E-state index in [1.807, 2.05) is 79.7 Å². The number of pyridine rings is 1. The Morgan fingerprint density at radius 1 is 0.886 bits per heavy atom. The Balaban J connectivity index is 1.56. The lowest BCUT2D eigenvalue weighted by atomic mass is 10.0. The van der Waals surface area contributed by atoms with Crippen molar-refractivity contribution >= 4 is 33.7 Å². The molecule has 0 fully saturated rings. The number of hydrogen-bond acceptors (Lipinski definition) is 4. The average molecular weight is 478 g/mol. The van der Waals surface area contributed by atoms with Gasteiger partial charge in [-0.25, -0.2) is 9.97 Å². The molecule has 0 atom stereocenters. The van der Waals surface area contributed by atoms with E-state index in [1.165, 1.54) is 5.56 Å². The maximum absolute atomic E-state index is 12.9. The van der Waals surface area contributed by atoms with Crippen LogP contribution in [0.3, 0.4) is 0 Å². The van der Waals surface area contributed by atoms with Gasteiger partial charge < -0.3 is 4.98 Å². The monoisotopic (exact) mass is 477 g/mol. The third-order valence-corrected chi connectivity index (χ3v) is 6.39. The highest BCUT2D eigenvalue weighted by Crippen LogP contribution is 2.34. The fraction of sp³-hybridized carbons (Fsp3) is 0.0714. The zero-order valence-corrected chi connectivity index (χ0v) is 19.6. The van der Waals surface area contributed by atoms with Crippen LogP contribution in [0.1, 0.15) is 16.7 Å². The lowest BCUT2D eigenvalue weighted by molar-refractivity contribution is 1.09. The first-order valence-electron chi connectivity index (χ1n) is 11.2. The van der Waals surface area contributed by atoms with Gasteiger partial charge in [-0.05, 0) is 30.7 Å². The molecule has 0 spiro atoms. The minimum atomic E-state index is -0.165. The first-order valence-corrected chi connectivity index (χ1v) is 11.6. The van der Waals surface area contributed by atoms with Crippen LogP contribution in [0, 0.1) is 6.92 Å². The van der Waals surface area contributed by atoms with Gasteiger partial charge in [0, 0.05) is 28.5 Å². The van der Waals surface area contributed by atoms with Crippen molar-refractivity contribution in [3.8, 4) is 22.5 Å². The summed E-state index contributed by atoms with van der Waals surface area (Å²) in [6, 6.07) is 23.7. The molecule has 0 unspecified atom stereocenters. The highest BCUT2D eigenvalue weighted by Gasteiger charge is 2.17. The number of aromatic amines is 2. The zero-order valence-electron chi connectivity index (χ0n) is 18.8. The number of fused-ring (bicyclic) bond motifs is 2. The Labute approximate surface area is 205 Å². The second-order valence-electron chi connectivity index (χ2n) is 8.60. The molecular formula is C28H20ClN5O. The van der Waals surface area contributed by atoms with Crippen molar-refractivity contribution in [2.45, 2.75) is 13.3 Å². The molecule has 35 heavy (non-hydrogen) atoms. The number of H-pyrrole nitrogens is 2. The summed E-state index contributed by atoms with van der Waals surface area (Å²) in [7, 11) is 0. The van der Waals surface area contributed by atoms with E-state index < -0.39 is 0 Å². The molecule has 170 valence electrons. The van der Waals surface area contributed by atoms with E-state index in [0.29, 0.717) is 39.6 Å². The van der Waals surface area contributed by atoms with Crippen LogP contribution >= 0.6 is 11.6 Å². The molecule has 0 aliphatic heterocycles. The molecule has 6 rings (SSSR count). The Hall–Kier alpha value is -4.29. The highest BCUT2D eigenvalue weighted by atomic mass is 35.5. The minimum Gasteiger partial charge on any atom is -0.305 e. The molecule has 7 heteroatoms. The van der Waals surface area contributed by atoms with Crippen molar-refractivity contribution in [3.05, 3.63) is 111 Å². The first-order chi connectivity index (χ1) is 17.0. The number of aromatic nitrogens is 5. The third kappa shape index (κ3) is 3.98. The summed E-state index contributed by atoms with van der Waals surface area (Å²) in [4.78, 5) is 25.7. The largest absolute Gasteiger partial charge is 0.305 e. The summed E-state index contributed by atoms with van der Waals surface area (Å²) < 4.78 is 0. The normalized spacial score (nSPS) is 11.4. The van der Waals surface area contributed by atoms with E-state index >= 15 is 0 Å². The van der Waals surface area contributed by atoms with Crippen LogP contribution in [0.15, 0.2) is 83.8 Å². The lowest BCUT2D eigenvalue weighted by Crippen LogP contribution is -2.14. The fourth-order valence-corrected chi connectivity index (χ4v) is 4.53. The Kier molecular flexibility index (Phi) is 5.16. The van der Waals surface area contributed by atoms with Crippen LogP contribution in [0.2, 0.25) is 5.02 Å².